The van der Waals surface area contributed by atoms with Crippen molar-refractivity contribution in [1.82, 2.24) is 24.9 Å². The molecule has 1 aliphatic heterocycles. The largest absolute Gasteiger partial charge is 0.317 e. The highest BCUT2D eigenvalue weighted by atomic mass is 15.2. The molecule has 0 saturated carbocycles. The van der Waals surface area contributed by atoms with E-state index in [1.807, 2.05) is 36.2 Å². The van der Waals surface area contributed by atoms with Crippen molar-refractivity contribution in [3.8, 4) is 11.3 Å². The van der Waals surface area contributed by atoms with Crippen molar-refractivity contribution in [3.05, 3.63) is 94.9 Å². The summed E-state index contributed by atoms with van der Waals surface area (Å²) in [6, 6.07) is 12.8. The number of hydrogen-bond acceptors (Lipinski definition) is 4. The van der Waals surface area contributed by atoms with Crippen LogP contribution in [0.4, 0.5) is 0 Å². The van der Waals surface area contributed by atoms with Crippen LogP contribution in [0.15, 0.2) is 73.3 Å². The third-order valence-corrected chi connectivity index (χ3v) is 6.55. The van der Waals surface area contributed by atoms with E-state index in [0.717, 1.165) is 47.6 Å². The number of rotatable bonds is 5. The highest BCUT2D eigenvalue weighted by Gasteiger charge is 2.16. The number of fused-ring (bicyclic) bond motifs is 1. The van der Waals surface area contributed by atoms with Gasteiger partial charge in [-0.05, 0) is 72.8 Å². The molecule has 1 fully saturated rings. The smallest absolute Gasteiger partial charge is 0.162 e. The zero-order valence-corrected chi connectivity index (χ0v) is 19.9. The molecule has 0 bridgehead atoms. The van der Waals surface area contributed by atoms with Crippen LogP contribution in [0.2, 0.25) is 0 Å². The van der Waals surface area contributed by atoms with Gasteiger partial charge in [0.05, 0.1) is 11.9 Å². The Morgan fingerprint density at radius 1 is 1.06 bits per heavy atom. The van der Waals surface area contributed by atoms with Gasteiger partial charge >= 0.3 is 0 Å². The molecular formula is C29H31N5. The first kappa shape index (κ1) is 22.2. The van der Waals surface area contributed by atoms with Crippen molar-refractivity contribution in [2.45, 2.75) is 39.0 Å². The topological polar surface area (TPSA) is 55.1 Å². The van der Waals surface area contributed by atoms with E-state index >= 15 is 0 Å². The highest BCUT2D eigenvalue weighted by molar-refractivity contribution is 5.81. The molecule has 4 heterocycles. The van der Waals surface area contributed by atoms with Crippen LogP contribution in [0, 0.1) is 0 Å². The molecule has 4 aromatic rings. The minimum absolute atomic E-state index is 0.602. The minimum Gasteiger partial charge on any atom is -0.317 e. The van der Waals surface area contributed by atoms with Crippen LogP contribution in [-0.2, 0) is 0 Å². The molecule has 0 amide bonds. The molecule has 172 valence electrons. The lowest BCUT2D eigenvalue weighted by molar-refractivity contribution is 0.459. The molecule has 0 unspecified atom stereocenters. The summed E-state index contributed by atoms with van der Waals surface area (Å²) in [5, 5.41) is 10.5. The Kier molecular flexibility index (Phi) is 6.63. The van der Waals surface area contributed by atoms with Crippen molar-refractivity contribution >= 4 is 17.3 Å². The van der Waals surface area contributed by atoms with Crippen LogP contribution in [0.25, 0.3) is 28.6 Å². The molecule has 34 heavy (non-hydrogen) atoms. The van der Waals surface area contributed by atoms with E-state index in [1.54, 1.807) is 0 Å². The molecule has 5 rings (SSSR count). The number of benzene rings is 1. The number of piperidine rings is 1. The molecule has 1 aromatic carbocycles. The molecule has 0 radical (unpaired) electrons. The number of allylic oxidation sites excluding steroid dienone is 2. The zero-order chi connectivity index (χ0) is 23.3. The first-order valence-electron chi connectivity index (χ1n) is 12.2. The summed E-state index contributed by atoms with van der Waals surface area (Å²) in [4.78, 5) is 9.58. The SMILES string of the molecule is C\C=C/C(c1cnn2cc(-c3ccc(C4CCNCC4)cn3)cnc12)=c1/cccc/c1=C\CC. The van der Waals surface area contributed by atoms with Gasteiger partial charge in [0, 0.05) is 29.7 Å². The maximum Gasteiger partial charge on any atom is 0.162 e. The van der Waals surface area contributed by atoms with E-state index in [0.29, 0.717) is 5.92 Å². The number of aromatic nitrogens is 4. The van der Waals surface area contributed by atoms with E-state index in [-0.39, 0.29) is 0 Å². The van der Waals surface area contributed by atoms with E-state index in [1.165, 1.54) is 28.8 Å². The lowest BCUT2D eigenvalue weighted by atomic mass is 9.91. The number of hydrogen-bond donors (Lipinski definition) is 1. The molecule has 0 spiro atoms. The maximum absolute atomic E-state index is 4.82. The lowest BCUT2D eigenvalue weighted by Crippen LogP contribution is -2.26. The molecule has 1 N–H and O–H groups in total. The fraction of sp³-hybridized carbons (Fsp3) is 0.276. The molecule has 5 nitrogen and oxygen atoms in total. The first-order chi connectivity index (χ1) is 16.8. The van der Waals surface area contributed by atoms with Crippen molar-refractivity contribution in [3.63, 3.8) is 0 Å². The van der Waals surface area contributed by atoms with Crippen LogP contribution >= 0.6 is 0 Å². The lowest BCUT2D eigenvalue weighted by Gasteiger charge is -2.22. The second-order valence-electron chi connectivity index (χ2n) is 8.78. The van der Waals surface area contributed by atoms with Gasteiger partial charge in [0.15, 0.2) is 5.65 Å². The standard InChI is InChI=1S/C29H31N5/c1-3-7-22-9-5-6-10-25(22)26(8-4-2)27-19-33-34-20-24(18-32-29(27)34)28-12-11-23(17-31-28)21-13-15-30-16-14-21/h4-12,17-21,30H,3,13-16H2,1-2H3/b8-4-,22-7+,26-25+. The Morgan fingerprint density at radius 3 is 2.68 bits per heavy atom. The Morgan fingerprint density at radius 2 is 1.91 bits per heavy atom. The summed E-state index contributed by atoms with van der Waals surface area (Å²) in [6.45, 7) is 6.38. The third-order valence-electron chi connectivity index (χ3n) is 6.55. The summed E-state index contributed by atoms with van der Waals surface area (Å²) in [6.07, 6.45) is 17.7. The molecule has 1 aliphatic rings. The predicted octanol–water partition coefficient (Wildman–Crippen LogP) is 4.22. The third kappa shape index (κ3) is 4.44. The second-order valence-corrected chi connectivity index (χ2v) is 8.78. The average molecular weight is 450 g/mol. The number of nitrogens with zero attached hydrogens (tertiary/aromatic N) is 4. The molecule has 5 heteroatoms. The number of nitrogens with one attached hydrogen (secondary N) is 1. The van der Waals surface area contributed by atoms with Crippen LogP contribution < -0.4 is 15.8 Å². The highest BCUT2D eigenvalue weighted by Crippen LogP contribution is 2.27. The summed E-state index contributed by atoms with van der Waals surface area (Å²) in [5.41, 5.74) is 6.21. The van der Waals surface area contributed by atoms with Gasteiger partial charge in [-0.2, -0.15) is 5.10 Å². The number of pyridine rings is 1. The summed E-state index contributed by atoms with van der Waals surface area (Å²) < 4.78 is 1.86. The van der Waals surface area contributed by atoms with Gasteiger partial charge in [-0.25, -0.2) is 9.50 Å². The molecule has 0 atom stereocenters. The predicted molar refractivity (Wildman–Crippen MR) is 139 cm³/mol. The van der Waals surface area contributed by atoms with Crippen LogP contribution in [0.1, 0.15) is 50.2 Å². The van der Waals surface area contributed by atoms with E-state index < -0.39 is 0 Å². The van der Waals surface area contributed by atoms with Crippen LogP contribution in [-0.4, -0.2) is 32.7 Å². The fourth-order valence-electron chi connectivity index (χ4n) is 4.80. The summed E-state index contributed by atoms with van der Waals surface area (Å²) >= 11 is 0. The van der Waals surface area contributed by atoms with Crippen molar-refractivity contribution < 1.29 is 0 Å². The molecule has 0 aliphatic carbocycles. The van der Waals surface area contributed by atoms with Crippen molar-refractivity contribution in [2.24, 2.45) is 0 Å². The molecular weight excluding hydrogens is 418 g/mol. The van der Waals surface area contributed by atoms with Gasteiger partial charge in [-0.1, -0.05) is 55.5 Å². The summed E-state index contributed by atoms with van der Waals surface area (Å²) in [7, 11) is 0. The first-order valence-corrected chi connectivity index (χ1v) is 12.2. The van der Waals surface area contributed by atoms with Crippen molar-refractivity contribution in [1.29, 1.82) is 0 Å². The van der Waals surface area contributed by atoms with Gasteiger partial charge < -0.3 is 5.32 Å². The van der Waals surface area contributed by atoms with E-state index in [2.05, 4.69) is 72.0 Å². The minimum atomic E-state index is 0.602. The Hall–Kier alpha value is -3.57. The van der Waals surface area contributed by atoms with Gasteiger partial charge in [0.2, 0.25) is 0 Å². The normalized spacial score (nSPS) is 16.5. The maximum atomic E-state index is 4.82. The van der Waals surface area contributed by atoms with E-state index in [9.17, 15) is 0 Å². The Labute approximate surface area is 200 Å². The fourth-order valence-corrected chi connectivity index (χ4v) is 4.80. The van der Waals surface area contributed by atoms with Crippen molar-refractivity contribution in [2.75, 3.05) is 13.1 Å². The monoisotopic (exact) mass is 449 g/mol. The molecule has 1 saturated heterocycles. The Balaban J connectivity index is 1.54. The zero-order valence-electron chi connectivity index (χ0n) is 19.9. The second kappa shape index (κ2) is 10.1. The van der Waals surface area contributed by atoms with Crippen LogP contribution in [0.5, 0.6) is 0 Å². The van der Waals surface area contributed by atoms with Gasteiger partial charge in [-0.3, -0.25) is 4.98 Å². The van der Waals surface area contributed by atoms with Gasteiger partial charge in [0.25, 0.3) is 0 Å². The van der Waals surface area contributed by atoms with Gasteiger partial charge in [0.1, 0.15) is 0 Å². The van der Waals surface area contributed by atoms with Gasteiger partial charge in [-0.15, -0.1) is 0 Å². The van der Waals surface area contributed by atoms with E-state index in [4.69, 9.17) is 9.97 Å². The molecule has 3 aromatic heterocycles. The average Bonchev–Trinajstić information content (AvgIpc) is 3.32. The Bertz CT molecular complexity index is 1420. The van der Waals surface area contributed by atoms with Crippen LogP contribution in [0.3, 0.4) is 0 Å². The quantitative estimate of drug-likeness (QED) is 0.496. The summed E-state index contributed by atoms with van der Waals surface area (Å²) in [5.74, 6) is 0.602.